The number of hydrazine groups is 1. The van der Waals surface area contributed by atoms with Crippen molar-refractivity contribution in [2.75, 3.05) is 18.6 Å². The lowest BCUT2D eigenvalue weighted by Gasteiger charge is -2.26. The van der Waals surface area contributed by atoms with E-state index in [-0.39, 0.29) is 21.6 Å². The van der Waals surface area contributed by atoms with Gasteiger partial charge in [-0.2, -0.15) is 10.5 Å². The van der Waals surface area contributed by atoms with E-state index in [1.165, 1.54) is 23.3 Å². The lowest BCUT2D eigenvalue weighted by molar-refractivity contribution is 0.241. The number of amides is 2. The summed E-state index contributed by atoms with van der Waals surface area (Å²) in [5.41, 5.74) is 8.47. The zero-order valence-electron chi connectivity index (χ0n) is 21.1. The molecule has 35 heavy (non-hydrogen) atoms. The van der Waals surface area contributed by atoms with Gasteiger partial charge >= 0.3 is 6.03 Å². The third-order valence-corrected chi connectivity index (χ3v) is 6.65. The van der Waals surface area contributed by atoms with Crippen LogP contribution in [0.1, 0.15) is 82.1 Å². The number of carbonyl (C=O) groups excluding carboxylic acids is 1. The average Bonchev–Trinajstić information content (AvgIpc) is 2.86. The summed E-state index contributed by atoms with van der Waals surface area (Å²) in [6.45, 7) is 12.0. The number of nitrogens with zero attached hydrogens (tertiary/aromatic N) is 2. The molecule has 0 aromatic heterocycles. The van der Waals surface area contributed by atoms with Crippen molar-refractivity contribution in [3.8, 4) is 17.9 Å². The molecule has 0 radical (unpaired) electrons. The van der Waals surface area contributed by atoms with Gasteiger partial charge in [-0.3, -0.25) is 10.9 Å². The predicted octanol–water partition coefficient (Wildman–Crippen LogP) is 6.38. The van der Waals surface area contributed by atoms with E-state index in [9.17, 15) is 4.79 Å². The van der Waals surface area contributed by atoms with E-state index >= 15 is 0 Å². The van der Waals surface area contributed by atoms with Crippen molar-refractivity contribution in [3.63, 3.8) is 0 Å². The Morgan fingerprint density at radius 2 is 1.83 bits per heavy atom. The van der Waals surface area contributed by atoms with Crippen LogP contribution in [-0.2, 0) is 5.41 Å². The topological polar surface area (TPSA) is 110 Å². The molecule has 2 rings (SSSR count). The van der Waals surface area contributed by atoms with Crippen molar-refractivity contribution in [2.45, 2.75) is 65.2 Å². The number of benzene rings is 2. The molecule has 1 unspecified atom stereocenters. The molecular formula is C27H34ClN5O2. The number of hydrogen-bond acceptors (Lipinski definition) is 5. The molecule has 0 saturated heterocycles. The number of nitrogens with one attached hydrogen (secondary N) is 3. The lowest BCUT2D eigenvalue weighted by atomic mass is 9.80. The van der Waals surface area contributed by atoms with Crippen molar-refractivity contribution >= 4 is 23.3 Å². The fraction of sp³-hybridized carbons (Fsp3) is 0.444. The Hall–Kier alpha value is -3.42. The number of anilines is 1. The van der Waals surface area contributed by atoms with Crippen molar-refractivity contribution < 1.29 is 9.53 Å². The van der Waals surface area contributed by atoms with Crippen LogP contribution < -0.4 is 20.9 Å². The SMILES string of the molecule is CCC(C)c1cc(C(C)(C)CC)ccc1OCCCNC(=O)NNc1cc(C#N)c(C#N)cc1Cl. The third kappa shape index (κ3) is 7.53. The second-order valence-corrected chi connectivity index (χ2v) is 9.52. The maximum Gasteiger partial charge on any atom is 0.333 e. The highest BCUT2D eigenvalue weighted by Crippen LogP contribution is 2.35. The normalized spacial score (nSPS) is 11.7. The summed E-state index contributed by atoms with van der Waals surface area (Å²) in [4.78, 5) is 12.1. The fourth-order valence-corrected chi connectivity index (χ4v) is 3.60. The second kappa shape index (κ2) is 12.9. The Kier molecular flexibility index (Phi) is 10.2. The number of nitriles is 2. The largest absolute Gasteiger partial charge is 0.493 e. The van der Waals surface area contributed by atoms with Crippen LogP contribution in [-0.4, -0.2) is 19.2 Å². The molecule has 0 aliphatic heterocycles. The van der Waals surface area contributed by atoms with Gasteiger partial charge in [0, 0.05) is 6.54 Å². The Bertz CT molecular complexity index is 1120. The molecule has 8 heteroatoms. The van der Waals surface area contributed by atoms with Gasteiger partial charge in [0.15, 0.2) is 0 Å². The molecule has 0 fully saturated rings. The minimum Gasteiger partial charge on any atom is -0.493 e. The molecule has 2 aromatic carbocycles. The van der Waals surface area contributed by atoms with Gasteiger partial charge in [0.2, 0.25) is 0 Å². The minimum atomic E-state index is -0.449. The minimum absolute atomic E-state index is 0.115. The highest BCUT2D eigenvalue weighted by atomic mass is 35.5. The Morgan fingerprint density at radius 1 is 1.14 bits per heavy atom. The number of halogens is 1. The van der Waals surface area contributed by atoms with E-state index in [4.69, 9.17) is 26.9 Å². The van der Waals surface area contributed by atoms with Gasteiger partial charge in [-0.1, -0.05) is 58.4 Å². The number of hydrogen-bond donors (Lipinski definition) is 3. The first-order chi connectivity index (χ1) is 16.7. The second-order valence-electron chi connectivity index (χ2n) is 9.11. The number of rotatable bonds is 11. The van der Waals surface area contributed by atoms with Crippen molar-refractivity contribution in [1.29, 1.82) is 10.5 Å². The Labute approximate surface area is 213 Å². The first-order valence-corrected chi connectivity index (χ1v) is 12.2. The van der Waals surface area contributed by atoms with Crippen molar-refractivity contribution in [1.82, 2.24) is 10.7 Å². The van der Waals surface area contributed by atoms with E-state index in [1.54, 1.807) is 0 Å². The highest BCUT2D eigenvalue weighted by Gasteiger charge is 2.21. The van der Waals surface area contributed by atoms with Crippen LogP contribution in [0.25, 0.3) is 0 Å². The Morgan fingerprint density at radius 3 is 2.46 bits per heavy atom. The average molecular weight is 496 g/mol. The lowest BCUT2D eigenvalue weighted by Crippen LogP contribution is -2.39. The highest BCUT2D eigenvalue weighted by molar-refractivity contribution is 6.33. The van der Waals surface area contributed by atoms with Gasteiger partial charge in [-0.05, 0) is 59.9 Å². The molecule has 0 heterocycles. The molecular weight excluding hydrogens is 462 g/mol. The summed E-state index contributed by atoms with van der Waals surface area (Å²) >= 11 is 6.10. The summed E-state index contributed by atoms with van der Waals surface area (Å²) in [7, 11) is 0. The quantitative estimate of drug-likeness (QED) is 0.247. The van der Waals surface area contributed by atoms with E-state index in [2.05, 4.69) is 69.0 Å². The zero-order valence-corrected chi connectivity index (χ0v) is 21.8. The van der Waals surface area contributed by atoms with Gasteiger partial charge in [0.25, 0.3) is 0 Å². The Balaban J connectivity index is 1.86. The first kappa shape index (κ1) is 27.8. The summed E-state index contributed by atoms with van der Waals surface area (Å²) in [6.07, 6.45) is 2.72. The molecule has 186 valence electrons. The van der Waals surface area contributed by atoms with Crippen LogP contribution in [0, 0.1) is 22.7 Å². The summed E-state index contributed by atoms with van der Waals surface area (Å²) in [6, 6.07) is 12.7. The van der Waals surface area contributed by atoms with Gasteiger partial charge in [-0.25, -0.2) is 4.79 Å². The fourth-order valence-electron chi connectivity index (χ4n) is 3.39. The van der Waals surface area contributed by atoms with E-state index in [0.29, 0.717) is 31.2 Å². The first-order valence-electron chi connectivity index (χ1n) is 11.9. The van der Waals surface area contributed by atoms with Crippen LogP contribution in [0.2, 0.25) is 5.02 Å². The molecule has 0 aliphatic rings. The van der Waals surface area contributed by atoms with Crippen LogP contribution in [0.4, 0.5) is 10.5 Å². The van der Waals surface area contributed by atoms with Gasteiger partial charge in [0.1, 0.15) is 17.9 Å². The van der Waals surface area contributed by atoms with E-state index in [0.717, 1.165) is 18.6 Å². The standard InChI is InChI=1S/C27H34ClN5O2/c1-6-18(3)22-15-21(27(4,5)7-2)9-10-25(22)35-12-8-11-31-26(34)33-32-24-14-20(17-30)19(16-29)13-23(24)28/h9-10,13-15,18,32H,6-8,11-12H2,1-5H3,(H2,31,33,34). The molecule has 0 saturated carbocycles. The number of carbonyl (C=O) groups is 1. The van der Waals surface area contributed by atoms with Gasteiger partial charge in [0.05, 0.1) is 28.4 Å². The van der Waals surface area contributed by atoms with Crippen LogP contribution in [0.5, 0.6) is 5.75 Å². The van der Waals surface area contributed by atoms with Crippen LogP contribution in [0.15, 0.2) is 30.3 Å². The maximum absolute atomic E-state index is 12.1. The summed E-state index contributed by atoms with van der Waals surface area (Å²) in [5, 5.41) is 21.1. The number of urea groups is 1. The number of ether oxygens (including phenoxy) is 1. The van der Waals surface area contributed by atoms with Gasteiger partial charge in [-0.15, -0.1) is 0 Å². The van der Waals surface area contributed by atoms with Gasteiger partial charge < -0.3 is 10.1 Å². The molecule has 2 aromatic rings. The summed E-state index contributed by atoms with van der Waals surface area (Å²) in [5.74, 6) is 1.29. The van der Waals surface area contributed by atoms with Crippen LogP contribution in [0.3, 0.4) is 0 Å². The smallest absolute Gasteiger partial charge is 0.333 e. The predicted molar refractivity (Wildman–Crippen MR) is 140 cm³/mol. The van der Waals surface area contributed by atoms with E-state index in [1.807, 2.05) is 12.1 Å². The molecule has 0 aliphatic carbocycles. The van der Waals surface area contributed by atoms with Crippen molar-refractivity contribution in [3.05, 3.63) is 57.6 Å². The van der Waals surface area contributed by atoms with E-state index < -0.39 is 6.03 Å². The monoisotopic (exact) mass is 495 g/mol. The zero-order chi connectivity index (χ0) is 26.0. The molecule has 3 N–H and O–H groups in total. The summed E-state index contributed by atoms with van der Waals surface area (Å²) < 4.78 is 6.07. The molecule has 7 nitrogen and oxygen atoms in total. The molecule has 0 bridgehead atoms. The van der Waals surface area contributed by atoms with Crippen LogP contribution >= 0.6 is 11.6 Å². The molecule has 0 spiro atoms. The van der Waals surface area contributed by atoms with Crippen molar-refractivity contribution in [2.24, 2.45) is 0 Å². The molecule has 1 atom stereocenters. The third-order valence-electron chi connectivity index (χ3n) is 6.34. The maximum atomic E-state index is 12.1. The molecule has 2 amide bonds.